The molecule has 0 aliphatic heterocycles. The maximum absolute atomic E-state index is 11.0. The van der Waals surface area contributed by atoms with Crippen LogP contribution in [0.2, 0.25) is 0 Å². The van der Waals surface area contributed by atoms with Gasteiger partial charge in [-0.1, -0.05) is 83.1 Å². The first kappa shape index (κ1) is 24.0. The normalized spacial score (nSPS) is 9.65. The van der Waals surface area contributed by atoms with E-state index < -0.39 is 11.3 Å². The first-order chi connectivity index (χ1) is 11.2. The second kappa shape index (κ2) is 18.8. The van der Waals surface area contributed by atoms with Crippen LogP contribution in [0.25, 0.3) is 0 Å². The lowest BCUT2D eigenvalue weighted by molar-refractivity contribution is 0.550. The molecular formula is C18H30NO2PS. The molecule has 0 fully saturated rings. The molecule has 1 N–H and O–H groups in total. The highest BCUT2D eigenvalue weighted by molar-refractivity contribution is 7.78. The van der Waals surface area contributed by atoms with Crippen LogP contribution in [0.1, 0.15) is 34.6 Å². The first-order valence-corrected chi connectivity index (χ1v) is 9.56. The zero-order valence-corrected chi connectivity index (χ0v) is 16.8. The molecule has 2 rings (SSSR count). The highest BCUT2D eigenvalue weighted by Crippen LogP contribution is 2.08. The predicted molar refractivity (Wildman–Crippen MR) is 107 cm³/mol. The monoisotopic (exact) mass is 355 g/mol. The van der Waals surface area contributed by atoms with Crippen molar-refractivity contribution in [2.24, 2.45) is 0 Å². The molecule has 5 heteroatoms. The van der Waals surface area contributed by atoms with Crippen LogP contribution in [0.15, 0.2) is 60.7 Å². The van der Waals surface area contributed by atoms with E-state index in [1.54, 1.807) is 12.1 Å². The lowest BCUT2D eigenvalue weighted by Gasteiger charge is -2.02. The second-order valence-electron chi connectivity index (χ2n) is 3.54. The minimum Gasteiger partial charge on any atom is -0.389 e. The quantitative estimate of drug-likeness (QED) is 0.821. The molecule has 130 valence electrons. The summed E-state index contributed by atoms with van der Waals surface area (Å²) >= 11 is -1.42. The smallest absolute Gasteiger partial charge is 0.287 e. The number of para-hydroxylation sites is 1. The summed E-state index contributed by atoms with van der Waals surface area (Å²) in [7, 11) is 2.63. The van der Waals surface area contributed by atoms with Gasteiger partial charge in [-0.05, 0) is 17.4 Å². The van der Waals surface area contributed by atoms with Crippen LogP contribution < -0.4 is 14.2 Å². The standard InChI is InChI=1S/C8H11NO2S.C6H7P.2C2H6/c1-2-9-12(10)11-8-6-4-3-5-7-8;7-6-4-2-1-3-5-6;2*1-2/h3-7,9H,2H2,1H3;1-5H,7H2;2*1-2H3. The Bertz CT molecular complexity index is 481. The number of hydrogen-bond donors (Lipinski definition) is 1. The Morgan fingerprint density at radius 1 is 0.913 bits per heavy atom. The SMILES string of the molecule is CC.CC.CCNS(=O)Oc1ccccc1.Pc1ccccc1. The van der Waals surface area contributed by atoms with Crippen molar-refractivity contribution in [3.63, 3.8) is 0 Å². The van der Waals surface area contributed by atoms with E-state index in [2.05, 4.69) is 14.0 Å². The molecule has 0 radical (unpaired) electrons. The van der Waals surface area contributed by atoms with Crippen molar-refractivity contribution >= 4 is 25.8 Å². The molecule has 3 nitrogen and oxygen atoms in total. The van der Waals surface area contributed by atoms with Gasteiger partial charge in [-0.2, -0.15) is 4.21 Å². The highest BCUT2D eigenvalue weighted by Gasteiger charge is 1.97. The average molecular weight is 355 g/mol. The van der Waals surface area contributed by atoms with E-state index in [-0.39, 0.29) is 0 Å². The molecule has 0 heterocycles. The van der Waals surface area contributed by atoms with Gasteiger partial charge in [-0.3, -0.25) is 0 Å². The lowest BCUT2D eigenvalue weighted by Crippen LogP contribution is -2.20. The Labute approximate surface area is 146 Å². The van der Waals surface area contributed by atoms with Crippen molar-refractivity contribution in [2.45, 2.75) is 34.6 Å². The summed E-state index contributed by atoms with van der Waals surface area (Å²) < 4.78 is 18.7. The van der Waals surface area contributed by atoms with E-state index in [4.69, 9.17) is 4.18 Å². The van der Waals surface area contributed by atoms with Crippen LogP contribution >= 0.6 is 9.24 Å². The second-order valence-corrected chi connectivity index (χ2v) is 5.13. The molecule has 0 aliphatic carbocycles. The zero-order chi connectivity index (χ0) is 17.9. The van der Waals surface area contributed by atoms with Crippen molar-refractivity contribution in [3.8, 4) is 5.75 Å². The molecule has 2 aromatic rings. The minimum atomic E-state index is -1.42. The summed E-state index contributed by atoms with van der Waals surface area (Å²) in [5.74, 6) is 0.608. The molecule has 2 aromatic carbocycles. The molecule has 0 aromatic heterocycles. The van der Waals surface area contributed by atoms with Gasteiger partial charge in [0.2, 0.25) is 0 Å². The van der Waals surface area contributed by atoms with Gasteiger partial charge in [0.1, 0.15) is 5.75 Å². The maximum atomic E-state index is 11.0. The van der Waals surface area contributed by atoms with Gasteiger partial charge in [-0.15, -0.1) is 9.24 Å². The fraction of sp³-hybridized carbons (Fsp3) is 0.333. The number of nitrogens with one attached hydrogen (secondary N) is 1. The fourth-order valence-corrected chi connectivity index (χ4v) is 1.97. The van der Waals surface area contributed by atoms with Crippen LogP contribution in [0, 0.1) is 0 Å². The fourth-order valence-electron chi connectivity index (χ4n) is 1.16. The molecular weight excluding hydrogens is 325 g/mol. The number of hydrogen-bond acceptors (Lipinski definition) is 2. The summed E-state index contributed by atoms with van der Waals surface area (Å²) in [6.45, 7) is 10.5. The Kier molecular flexibility index (Phi) is 19.7. The van der Waals surface area contributed by atoms with Gasteiger partial charge >= 0.3 is 0 Å². The third kappa shape index (κ3) is 15.4. The van der Waals surface area contributed by atoms with Gasteiger partial charge in [0, 0.05) is 6.54 Å². The number of rotatable bonds is 4. The Balaban J connectivity index is 0. The van der Waals surface area contributed by atoms with E-state index in [9.17, 15) is 4.21 Å². The van der Waals surface area contributed by atoms with Crippen LogP contribution in [0.3, 0.4) is 0 Å². The lowest BCUT2D eigenvalue weighted by atomic mass is 10.3. The Morgan fingerprint density at radius 3 is 1.70 bits per heavy atom. The molecule has 0 amide bonds. The van der Waals surface area contributed by atoms with Crippen molar-refractivity contribution in [3.05, 3.63) is 60.7 Å². The van der Waals surface area contributed by atoms with Crippen LogP contribution in [0.5, 0.6) is 5.75 Å². The van der Waals surface area contributed by atoms with E-state index in [0.717, 1.165) is 0 Å². The maximum Gasteiger partial charge on any atom is 0.287 e. The van der Waals surface area contributed by atoms with E-state index in [0.29, 0.717) is 12.3 Å². The van der Waals surface area contributed by atoms with Gasteiger partial charge < -0.3 is 4.18 Å². The van der Waals surface area contributed by atoms with Crippen molar-refractivity contribution < 1.29 is 8.39 Å². The highest BCUT2D eigenvalue weighted by atomic mass is 32.2. The molecule has 0 aliphatic rings. The molecule has 23 heavy (non-hydrogen) atoms. The van der Waals surface area contributed by atoms with Crippen molar-refractivity contribution in [1.82, 2.24) is 4.72 Å². The average Bonchev–Trinajstić information content (AvgIpc) is 2.61. The Morgan fingerprint density at radius 2 is 1.35 bits per heavy atom. The number of benzene rings is 2. The van der Waals surface area contributed by atoms with Gasteiger partial charge in [0.15, 0.2) is 0 Å². The van der Waals surface area contributed by atoms with Gasteiger partial charge in [-0.25, -0.2) is 4.72 Å². The first-order valence-electron chi connectivity index (χ1n) is 7.91. The van der Waals surface area contributed by atoms with Gasteiger partial charge in [0.05, 0.1) is 0 Å². The third-order valence-electron chi connectivity index (χ3n) is 1.98. The molecule has 2 unspecified atom stereocenters. The molecule has 0 saturated heterocycles. The summed E-state index contributed by atoms with van der Waals surface area (Å²) in [6.07, 6.45) is 0. The Hall–Kier alpha value is -1.22. The van der Waals surface area contributed by atoms with Crippen LogP contribution in [0.4, 0.5) is 0 Å². The largest absolute Gasteiger partial charge is 0.389 e. The van der Waals surface area contributed by atoms with Crippen LogP contribution in [-0.2, 0) is 11.3 Å². The van der Waals surface area contributed by atoms with Crippen molar-refractivity contribution in [2.75, 3.05) is 6.54 Å². The summed E-state index contributed by atoms with van der Waals surface area (Å²) in [6, 6.07) is 19.2. The predicted octanol–water partition coefficient (Wildman–Crippen LogP) is 4.49. The topological polar surface area (TPSA) is 38.3 Å². The van der Waals surface area contributed by atoms with Crippen molar-refractivity contribution in [1.29, 1.82) is 0 Å². The van der Waals surface area contributed by atoms with Crippen LogP contribution in [-0.4, -0.2) is 10.8 Å². The van der Waals surface area contributed by atoms with Gasteiger partial charge in [0.25, 0.3) is 11.3 Å². The molecule has 0 saturated carbocycles. The summed E-state index contributed by atoms with van der Waals surface area (Å²) in [5, 5.41) is 1.24. The third-order valence-corrected chi connectivity index (χ3v) is 3.23. The molecule has 0 bridgehead atoms. The zero-order valence-electron chi connectivity index (χ0n) is 14.8. The minimum absolute atomic E-state index is 0.608. The molecule has 2 atom stereocenters. The van der Waals surface area contributed by atoms with E-state index in [1.165, 1.54) is 5.30 Å². The summed E-state index contributed by atoms with van der Waals surface area (Å²) in [4.78, 5) is 0. The van der Waals surface area contributed by atoms with E-state index >= 15 is 0 Å². The van der Waals surface area contributed by atoms with E-state index in [1.807, 2.05) is 83.1 Å². The molecule has 0 spiro atoms. The summed E-state index contributed by atoms with van der Waals surface area (Å²) in [5.41, 5.74) is 0.